The number of carbonyl (C=O) groups is 1. The molecular formula is C19H17F2NO2. The molecular weight excluding hydrogens is 312 g/mol. The molecule has 3 nitrogen and oxygen atoms in total. The molecule has 2 bridgehead atoms. The van der Waals surface area contributed by atoms with Crippen LogP contribution in [-0.4, -0.2) is 12.0 Å². The molecule has 0 aromatic heterocycles. The summed E-state index contributed by atoms with van der Waals surface area (Å²) in [5.74, 6) is -1.88. The van der Waals surface area contributed by atoms with Crippen molar-refractivity contribution in [2.75, 3.05) is 0 Å². The maximum atomic E-state index is 14.7. The van der Waals surface area contributed by atoms with Gasteiger partial charge in [-0.15, -0.1) is 0 Å². The Hall–Kier alpha value is -2.27. The van der Waals surface area contributed by atoms with Crippen molar-refractivity contribution in [2.45, 2.75) is 31.0 Å². The first-order chi connectivity index (χ1) is 11.5. The molecule has 0 radical (unpaired) electrons. The molecule has 2 aliphatic rings. The van der Waals surface area contributed by atoms with Crippen molar-refractivity contribution in [2.24, 2.45) is 11.7 Å². The third-order valence-corrected chi connectivity index (χ3v) is 5.24. The quantitative estimate of drug-likeness (QED) is 0.937. The Balaban J connectivity index is 1.77. The molecule has 2 fully saturated rings. The normalized spacial score (nSPS) is 28.2. The van der Waals surface area contributed by atoms with Gasteiger partial charge in [0.25, 0.3) is 0 Å². The van der Waals surface area contributed by atoms with Crippen LogP contribution >= 0.6 is 0 Å². The van der Waals surface area contributed by atoms with E-state index in [4.69, 9.17) is 10.5 Å². The summed E-state index contributed by atoms with van der Waals surface area (Å²) in [6.45, 7) is 0. The Labute approximate surface area is 138 Å². The van der Waals surface area contributed by atoms with Crippen LogP contribution in [-0.2, 0) is 15.1 Å². The molecule has 3 atom stereocenters. The lowest BCUT2D eigenvalue weighted by atomic mass is 9.74. The van der Waals surface area contributed by atoms with Crippen LogP contribution in [0.5, 0.6) is 0 Å². The predicted octanol–water partition coefficient (Wildman–Crippen LogP) is 3.51. The van der Waals surface area contributed by atoms with Crippen LogP contribution in [0.2, 0.25) is 0 Å². The fourth-order valence-corrected chi connectivity index (χ4v) is 4.10. The number of carbonyl (C=O) groups excluding carboxylic acids is 1. The van der Waals surface area contributed by atoms with Gasteiger partial charge in [-0.05, 0) is 37.0 Å². The highest BCUT2D eigenvalue weighted by atomic mass is 19.1. The van der Waals surface area contributed by atoms with Crippen LogP contribution in [0.25, 0.3) is 11.1 Å². The highest BCUT2D eigenvalue weighted by Crippen LogP contribution is 2.54. The standard InChI is InChI=1S/C19H17F2NO2/c20-16-4-2-1-3-13(16)14-6-5-11(9-17(14)21)19-8-7-12(24-19)10-15(19)18(22)23/h1-6,9,12,15H,7-8,10H2,(H2,22,23). The molecule has 124 valence electrons. The molecule has 2 saturated heterocycles. The van der Waals surface area contributed by atoms with Crippen molar-refractivity contribution in [3.05, 3.63) is 59.7 Å². The van der Waals surface area contributed by atoms with E-state index in [0.717, 1.165) is 6.42 Å². The number of benzene rings is 2. The highest BCUT2D eigenvalue weighted by Gasteiger charge is 2.56. The fourth-order valence-electron chi connectivity index (χ4n) is 4.10. The van der Waals surface area contributed by atoms with Gasteiger partial charge in [-0.3, -0.25) is 4.79 Å². The van der Waals surface area contributed by atoms with Crippen molar-refractivity contribution in [3.8, 4) is 11.1 Å². The smallest absolute Gasteiger partial charge is 0.223 e. The zero-order chi connectivity index (χ0) is 16.9. The van der Waals surface area contributed by atoms with Crippen LogP contribution < -0.4 is 5.73 Å². The van der Waals surface area contributed by atoms with Crippen LogP contribution in [0.3, 0.4) is 0 Å². The molecule has 5 heteroatoms. The van der Waals surface area contributed by atoms with Gasteiger partial charge in [0.2, 0.25) is 5.91 Å². The Kier molecular flexibility index (Phi) is 3.42. The highest BCUT2D eigenvalue weighted by molar-refractivity contribution is 5.79. The number of amides is 1. The second-order valence-corrected chi connectivity index (χ2v) is 6.53. The van der Waals surface area contributed by atoms with Gasteiger partial charge in [-0.25, -0.2) is 8.78 Å². The van der Waals surface area contributed by atoms with E-state index in [2.05, 4.69) is 0 Å². The zero-order valence-electron chi connectivity index (χ0n) is 13.0. The van der Waals surface area contributed by atoms with E-state index in [1.165, 1.54) is 18.2 Å². The second-order valence-electron chi connectivity index (χ2n) is 6.53. The van der Waals surface area contributed by atoms with Gasteiger partial charge in [0.05, 0.1) is 12.0 Å². The Morgan fingerprint density at radius 3 is 2.54 bits per heavy atom. The van der Waals surface area contributed by atoms with Crippen LogP contribution in [0.1, 0.15) is 24.8 Å². The number of halogens is 2. The molecule has 2 heterocycles. The number of hydrogen-bond acceptors (Lipinski definition) is 2. The number of nitrogens with two attached hydrogens (primary N) is 1. The van der Waals surface area contributed by atoms with E-state index in [-0.39, 0.29) is 17.2 Å². The Bertz CT molecular complexity index is 823. The third-order valence-electron chi connectivity index (χ3n) is 5.24. The van der Waals surface area contributed by atoms with Gasteiger partial charge >= 0.3 is 0 Å². The molecule has 0 spiro atoms. The van der Waals surface area contributed by atoms with E-state index in [9.17, 15) is 13.6 Å². The van der Waals surface area contributed by atoms with Crippen LogP contribution in [0, 0.1) is 17.6 Å². The lowest BCUT2D eigenvalue weighted by Crippen LogP contribution is -2.40. The number of ether oxygens (including phenoxy) is 1. The van der Waals surface area contributed by atoms with Crippen molar-refractivity contribution >= 4 is 5.91 Å². The van der Waals surface area contributed by atoms with Crippen molar-refractivity contribution in [3.63, 3.8) is 0 Å². The number of hydrogen-bond donors (Lipinski definition) is 1. The zero-order valence-corrected chi connectivity index (χ0v) is 13.0. The Morgan fingerprint density at radius 1 is 1.12 bits per heavy atom. The predicted molar refractivity (Wildman–Crippen MR) is 84.9 cm³/mol. The van der Waals surface area contributed by atoms with E-state index in [1.807, 2.05) is 0 Å². The second kappa shape index (κ2) is 5.38. The molecule has 4 rings (SSSR count). The average molecular weight is 329 g/mol. The van der Waals surface area contributed by atoms with Crippen LogP contribution in [0.4, 0.5) is 8.78 Å². The van der Waals surface area contributed by atoms with E-state index < -0.39 is 29.1 Å². The molecule has 2 aromatic rings. The number of fused-ring (bicyclic) bond motifs is 2. The van der Waals surface area contributed by atoms with Gasteiger partial charge in [0.1, 0.15) is 17.2 Å². The minimum atomic E-state index is -0.842. The average Bonchev–Trinajstić information content (AvgIpc) is 3.15. The lowest BCUT2D eigenvalue weighted by Gasteiger charge is -2.31. The molecule has 24 heavy (non-hydrogen) atoms. The Morgan fingerprint density at radius 2 is 1.88 bits per heavy atom. The minimum Gasteiger partial charge on any atom is -0.369 e. The fraction of sp³-hybridized carbons (Fsp3) is 0.316. The maximum absolute atomic E-state index is 14.7. The lowest BCUT2D eigenvalue weighted by molar-refractivity contribution is -0.127. The molecule has 2 aromatic carbocycles. The van der Waals surface area contributed by atoms with Crippen LogP contribution in [0.15, 0.2) is 42.5 Å². The first kappa shape index (κ1) is 15.3. The summed E-state index contributed by atoms with van der Waals surface area (Å²) in [4.78, 5) is 11.8. The van der Waals surface area contributed by atoms with Crippen molar-refractivity contribution in [1.82, 2.24) is 0 Å². The number of rotatable bonds is 3. The summed E-state index contributed by atoms with van der Waals surface area (Å²) in [5, 5.41) is 0. The van der Waals surface area contributed by atoms with Gasteiger partial charge in [-0.1, -0.05) is 30.3 Å². The number of primary amides is 1. The van der Waals surface area contributed by atoms with Gasteiger partial charge in [0.15, 0.2) is 0 Å². The van der Waals surface area contributed by atoms with Crippen molar-refractivity contribution < 1.29 is 18.3 Å². The topological polar surface area (TPSA) is 52.3 Å². The molecule has 0 aliphatic carbocycles. The monoisotopic (exact) mass is 329 g/mol. The summed E-state index contributed by atoms with van der Waals surface area (Å²) < 4.78 is 34.6. The molecule has 3 unspecified atom stereocenters. The summed E-state index contributed by atoms with van der Waals surface area (Å²) in [6.07, 6.45) is 2.05. The summed E-state index contributed by atoms with van der Waals surface area (Å²) in [7, 11) is 0. The molecule has 1 amide bonds. The van der Waals surface area contributed by atoms with Crippen molar-refractivity contribution in [1.29, 1.82) is 0 Å². The van der Waals surface area contributed by atoms with E-state index >= 15 is 0 Å². The molecule has 0 saturated carbocycles. The van der Waals surface area contributed by atoms with E-state index in [0.29, 0.717) is 18.4 Å². The largest absolute Gasteiger partial charge is 0.369 e. The van der Waals surface area contributed by atoms with Gasteiger partial charge in [0, 0.05) is 11.1 Å². The first-order valence-corrected chi connectivity index (χ1v) is 8.03. The SMILES string of the molecule is NC(=O)C1CC2CCC1(c1ccc(-c3ccccc3F)c(F)c1)O2. The molecule has 2 N–H and O–H groups in total. The maximum Gasteiger partial charge on any atom is 0.223 e. The molecule has 2 aliphatic heterocycles. The summed E-state index contributed by atoms with van der Waals surface area (Å²) in [5.41, 5.74) is 5.68. The minimum absolute atomic E-state index is 0.00296. The van der Waals surface area contributed by atoms with Gasteiger partial charge < -0.3 is 10.5 Å². The van der Waals surface area contributed by atoms with Gasteiger partial charge in [-0.2, -0.15) is 0 Å². The first-order valence-electron chi connectivity index (χ1n) is 8.03. The summed E-state index contributed by atoms with van der Waals surface area (Å²) in [6, 6.07) is 10.7. The summed E-state index contributed by atoms with van der Waals surface area (Å²) >= 11 is 0. The van der Waals surface area contributed by atoms with E-state index in [1.54, 1.807) is 24.3 Å². The third kappa shape index (κ3) is 2.15.